The van der Waals surface area contributed by atoms with Crippen molar-refractivity contribution in [1.82, 2.24) is 81.1 Å². The minimum Gasteiger partial charge on any atom is -1.00 e. The predicted octanol–water partition coefficient (Wildman–Crippen LogP) is -5.45. The van der Waals surface area contributed by atoms with Crippen LogP contribution in [-0.2, 0) is 65.1 Å². The zero-order chi connectivity index (χ0) is 57.6. The van der Waals surface area contributed by atoms with E-state index < -0.39 is 0 Å². The summed E-state index contributed by atoms with van der Waals surface area (Å²) in [6, 6.07) is 60.9. The van der Waals surface area contributed by atoms with Crippen LogP contribution < -0.4 is 70.9 Å². The molecule has 24 nitrogen and oxygen atoms in total. The molecule has 7 aliphatic rings. The molecule has 0 aliphatic carbocycles. The smallest absolute Gasteiger partial charge is 1.00 e. The number of rotatable bonds is 4. The molecule has 8 bridgehead atoms. The number of carbonyl (C=O) groups excluding carboxylic acids is 2. The molecule has 0 aromatic carbocycles. The monoisotopic (exact) mass is 1560 g/mol. The molecular formula is C66H68Cl4N16O8Ru2. The van der Waals surface area contributed by atoms with Crippen LogP contribution in [0.25, 0.3) is 68.3 Å². The van der Waals surface area contributed by atoms with Crippen molar-refractivity contribution in [2.24, 2.45) is 0 Å². The van der Waals surface area contributed by atoms with Gasteiger partial charge in [-0.1, -0.05) is 72.8 Å². The second-order valence-corrected chi connectivity index (χ2v) is 18.0. The van der Waals surface area contributed by atoms with Gasteiger partial charge in [0.1, 0.15) is 0 Å². The predicted molar refractivity (Wildman–Crippen MR) is 345 cm³/mol. The van der Waals surface area contributed by atoms with Gasteiger partial charge < -0.3 is 104 Å². The van der Waals surface area contributed by atoms with E-state index in [1.165, 1.54) is 0 Å². The number of carbonyl (C=O) groups is 2. The summed E-state index contributed by atoms with van der Waals surface area (Å²) in [5.74, 6) is 0. The van der Waals surface area contributed by atoms with E-state index in [1.54, 1.807) is 74.4 Å². The van der Waals surface area contributed by atoms with Gasteiger partial charge in [-0.15, -0.1) is 0 Å². The van der Waals surface area contributed by atoms with Gasteiger partial charge in [0.25, 0.3) is 0 Å². The van der Waals surface area contributed by atoms with Crippen LogP contribution in [-0.4, -0.2) is 105 Å². The van der Waals surface area contributed by atoms with Gasteiger partial charge in [-0.05, 0) is 144 Å². The molecule has 12 aromatic heterocycles. The molecule has 19 heterocycles. The summed E-state index contributed by atoms with van der Waals surface area (Å²) < 4.78 is 0. The molecule has 0 fully saturated rings. The molecule has 30 heteroatoms. The number of aromatic nitrogens is 12. The maximum atomic E-state index is 12.2. The Hall–Kier alpha value is -9.49. The first-order valence-electron chi connectivity index (χ1n) is 26.6. The van der Waals surface area contributed by atoms with E-state index in [-0.39, 0.29) is 134 Å². The third-order valence-electron chi connectivity index (χ3n) is 12.0. The molecule has 0 unspecified atom stereocenters. The summed E-state index contributed by atoms with van der Waals surface area (Å²) in [6.45, 7) is 1.38. The maximum absolute atomic E-state index is 12.2. The van der Waals surface area contributed by atoms with Gasteiger partial charge in [0.2, 0.25) is 0 Å². The van der Waals surface area contributed by atoms with E-state index in [2.05, 4.69) is 81.1 Å². The van der Waals surface area contributed by atoms with Crippen molar-refractivity contribution in [1.29, 1.82) is 0 Å². The first-order valence-corrected chi connectivity index (χ1v) is 26.6. The second-order valence-electron chi connectivity index (χ2n) is 18.0. The number of hydrogen-bond donors (Lipinski definition) is 4. The Morgan fingerprint density at radius 3 is 0.469 bits per heavy atom. The van der Waals surface area contributed by atoms with Crippen molar-refractivity contribution in [3.05, 3.63) is 291 Å². The third kappa shape index (κ3) is 30.7. The van der Waals surface area contributed by atoms with E-state index in [0.29, 0.717) is 26.2 Å². The Morgan fingerprint density at radius 1 is 0.208 bits per heavy atom. The Bertz CT molecular complexity index is 3220. The normalized spacial score (nSPS) is 10.1. The molecule has 19 rings (SSSR count). The number of nitrogens with zero attached hydrogens (tertiary/aromatic N) is 12. The number of amides is 4. The molecule has 0 atom stereocenters. The quantitative estimate of drug-likeness (QED) is 0.120. The standard InChI is InChI=1S/C26H24N8O2.4C10H8N2.4ClH.6H2O.2Ru/c35-25-31-13-17-1-5-21(27-9-17)22-6-2-18(10-28-22)15-33-26(36)34-16-20-4-8-24(30-12-20)23-7-3-19(11-29-23)14-32-25;4*1-3-7-11-9(5-1)10-6-2-4-8-12-10;;;;;;;;;;;;/h1-12H,13-16H2,(H2,31,32,35)(H2,33,34,36);4*1-8H;4*1H;6*1H2;;/q;;;;;;;;;;;;;;;2*+2/p-4. The molecule has 0 saturated carbocycles. The van der Waals surface area contributed by atoms with Crippen molar-refractivity contribution >= 4 is 12.1 Å². The van der Waals surface area contributed by atoms with Crippen LogP contribution in [0.1, 0.15) is 22.3 Å². The van der Waals surface area contributed by atoms with Crippen LogP contribution in [0.4, 0.5) is 9.59 Å². The topological polar surface area (TPSA) is 426 Å². The van der Waals surface area contributed by atoms with Crippen LogP contribution in [0.15, 0.2) is 268 Å². The summed E-state index contributed by atoms with van der Waals surface area (Å²) in [5, 5.41) is 11.3. The van der Waals surface area contributed by atoms with Gasteiger partial charge in [0, 0.05) is 101 Å². The van der Waals surface area contributed by atoms with Gasteiger partial charge in [0.15, 0.2) is 0 Å². The van der Waals surface area contributed by atoms with E-state index in [4.69, 9.17) is 0 Å². The van der Waals surface area contributed by atoms with Crippen LogP contribution in [0.5, 0.6) is 0 Å². The van der Waals surface area contributed by atoms with Gasteiger partial charge in [-0.3, -0.25) is 59.8 Å². The fraction of sp³-hybridized carbons (Fsp3) is 0.0606. The molecule has 504 valence electrons. The van der Waals surface area contributed by atoms with Crippen molar-refractivity contribution < 1.29 is 131 Å². The zero-order valence-corrected chi connectivity index (χ0v) is 57.1. The summed E-state index contributed by atoms with van der Waals surface area (Å²) >= 11 is 0. The molecule has 16 N–H and O–H groups in total. The number of pyridine rings is 12. The Labute approximate surface area is 605 Å². The average Bonchev–Trinajstić information content (AvgIpc) is 1.11. The fourth-order valence-corrected chi connectivity index (χ4v) is 7.69. The largest absolute Gasteiger partial charge is 2.00 e. The Kier molecular flexibility index (Phi) is 50.2. The van der Waals surface area contributed by atoms with Crippen LogP contribution >= 0.6 is 0 Å². The van der Waals surface area contributed by atoms with Crippen molar-refractivity contribution in [2.75, 3.05) is 0 Å². The number of halogens is 4. The van der Waals surface area contributed by atoms with E-state index in [0.717, 1.165) is 90.6 Å². The summed E-state index contributed by atoms with van der Waals surface area (Å²) in [6.07, 6.45) is 21.0. The van der Waals surface area contributed by atoms with E-state index in [9.17, 15) is 9.59 Å². The molecule has 12 aromatic rings. The number of hydrogen-bond acceptors (Lipinski definition) is 14. The van der Waals surface area contributed by atoms with Crippen LogP contribution in [0.3, 0.4) is 0 Å². The minimum absolute atomic E-state index is 0. The van der Waals surface area contributed by atoms with Gasteiger partial charge >= 0.3 is 51.0 Å². The summed E-state index contributed by atoms with van der Waals surface area (Å²) in [4.78, 5) is 75.8. The van der Waals surface area contributed by atoms with Crippen molar-refractivity contribution in [2.45, 2.75) is 26.2 Å². The summed E-state index contributed by atoms with van der Waals surface area (Å²) in [5.41, 5.74) is 13.7. The first kappa shape index (κ1) is 92.9. The summed E-state index contributed by atoms with van der Waals surface area (Å²) in [7, 11) is 0. The van der Waals surface area contributed by atoms with E-state index >= 15 is 0 Å². The fourth-order valence-electron chi connectivity index (χ4n) is 7.69. The van der Waals surface area contributed by atoms with Gasteiger partial charge in [-0.25, -0.2) is 9.59 Å². The SMILES string of the molecule is O.O.O.O.O.O.O=C1NCc2ccc(nc2)-c2ccc(cn2)CNC(=O)NCc2ccc(nc2)-c2ccc(cn2)CN1.[Cl-].[Cl-].[Cl-].[Cl-].[Ru+2].[Ru+2].c1ccc(-c2ccccn2)nc1.c1ccc(-c2ccccn2)nc1.c1ccc(-c2ccccn2)nc1.c1ccc(-c2ccccn2)nc1. The molecular weight excluding hydrogens is 1490 g/mol. The van der Waals surface area contributed by atoms with Crippen molar-refractivity contribution in [3.8, 4) is 68.3 Å². The molecule has 7 aliphatic heterocycles. The molecule has 4 amide bonds. The second kappa shape index (κ2) is 51.9. The molecule has 96 heavy (non-hydrogen) atoms. The molecule has 0 saturated heterocycles. The minimum atomic E-state index is -0.278. The number of urea groups is 2. The third-order valence-corrected chi connectivity index (χ3v) is 12.0. The number of nitrogens with one attached hydrogen (secondary N) is 4. The first-order chi connectivity index (χ1) is 41.5. The van der Waals surface area contributed by atoms with E-state index in [1.807, 2.05) is 194 Å². The van der Waals surface area contributed by atoms with Crippen LogP contribution in [0.2, 0.25) is 0 Å². The zero-order valence-electron chi connectivity index (χ0n) is 50.6. The average molecular weight is 1560 g/mol. The van der Waals surface area contributed by atoms with Crippen molar-refractivity contribution in [3.63, 3.8) is 0 Å². The maximum Gasteiger partial charge on any atom is 2.00 e. The molecule has 0 spiro atoms. The molecule has 0 radical (unpaired) electrons. The van der Waals surface area contributed by atoms with Gasteiger partial charge in [0.05, 0.1) is 68.3 Å². The van der Waals surface area contributed by atoms with Gasteiger partial charge in [-0.2, -0.15) is 0 Å². The Morgan fingerprint density at radius 2 is 0.354 bits per heavy atom. The Balaban J connectivity index is -0.000000591. The van der Waals surface area contributed by atoms with Crippen LogP contribution in [0, 0.1) is 0 Å².